The van der Waals surface area contributed by atoms with Crippen molar-refractivity contribution in [2.24, 2.45) is 5.41 Å². The van der Waals surface area contributed by atoms with E-state index in [4.69, 9.17) is 9.72 Å². The zero-order valence-electron chi connectivity index (χ0n) is 35.1. The molecular formula is C54H49N5O. The van der Waals surface area contributed by atoms with Crippen LogP contribution in [0, 0.1) is 5.41 Å². The zero-order valence-corrected chi connectivity index (χ0v) is 35.1. The Morgan fingerprint density at radius 1 is 0.483 bits per heavy atom. The van der Waals surface area contributed by atoms with Crippen LogP contribution in [0.2, 0.25) is 0 Å². The molecule has 0 saturated heterocycles. The first-order valence-electron chi connectivity index (χ1n) is 20.8. The Morgan fingerprint density at radius 2 is 1.15 bits per heavy atom. The third-order valence-corrected chi connectivity index (χ3v) is 11.6. The molecule has 0 radical (unpaired) electrons. The number of para-hydroxylation sites is 4. The average Bonchev–Trinajstić information content (AvgIpc) is 3.97. The first-order chi connectivity index (χ1) is 29.0. The summed E-state index contributed by atoms with van der Waals surface area (Å²) in [5.41, 5.74) is 12.3. The van der Waals surface area contributed by atoms with Crippen LogP contribution in [0.3, 0.4) is 0 Å². The lowest BCUT2D eigenvalue weighted by atomic mass is 9.84. The van der Waals surface area contributed by atoms with Gasteiger partial charge in [-0.05, 0) is 88.8 Å². The smallest absolute Gasteiger partial charge is 0.220 e. The number of hydrogen-bond acceptors (Lipinski definition) is 4. The minimum atomic E-state index is -0.0948. The van der Waals surface area contributed by atoms with Crippen LogP contribution < -0.4 is 14.5 Å². The summed E-state index contributed by atoms with van der Waals surface area (Å²) >= 11 is 0. The topological polar surface area (TPSA) is 38.5 Å². The second kappa shape index (κ2) is 14.3. The highest BCUT2D eigenvalue weighted by molar-refractivity contribution is 6.09. The molecule has 0 unspecified atom stereocenters. The number of aromatic nitrogens is 3. The van der Waals surface area contributed by atoms with Crippen LogP contribution in [-0.4, -0.2) is 20.8 Å². The zero-order chi connectivity index (χ0) is 41.2. The van der Waals surface area contributed by atoms with E-state index in [2.05, 4.69) is 218 Å². The lowest BCUT2D eigenvalue weighted by molar-refractivity contribution is 0.483. The molecule has 1 aliphatic rings. The van der Waals surface area contributed by atoms with Gasteiger partial charge < -0.3 is 14.5 Å². The van der Waals surface area contributed by atoms with Gasteiger partial charge in [-0.2, -0.15) is 0 Å². The van der Waals surface area contributed by atoms with Crippen LogP contribution in [-0.2, 0) is 5.41 Å². The highest BCUT2D eigenvalue weighted by Crippen LogP contribution is 2.42. The van der Waals surface area contributed by atoms with Crippen molar-refractivity contribution in [2.75, 3.05) is 16.5 Å². The van der Waals surface area contributed by atoms with Crippen molar-refractivity contribution in [2.45, 2.75) is 47.0 Å². The Kier molecular flexibility index (Phi) is 8.90. The maximum absolute atomic E-state index is 6.77. The van der Waals surface area contributed by atoms with Gasteiger partial charge in [-0.25, -0.2) is 4.98 Å². The molecule has 0 N–H and O–H groups in total. The summed E-state index contributed by atoms with van der Waals surface area (Å²) in [5, 5.41) is 2.30. The van der Waals surface area contributed by atoms with Crippen molar-refractivity contribution in [1.82, 2.24) is 14.1 Å². The van der Waals surface area contributed by atoms with Crippen molar-refractivity contribution in [1.29, 1.82) is 0 Å². The normalized spacial score (nSPS) is 13.5. The SMILES string of the molecule is CC(C)(C)C1=CN(c2cccc(Oc3ccc4c5ccccc5n(-c5nc6ccccc6n5-c5ccccc5)c4c3)c2)CN1c1cc(-c2ccccc2)cc(C(C)(C)C)c1. The van der Waals surface area contributed by atoms with Gasteiger partial charge >= 0.3 is 0 Å². The molecule has 3 heterocycles. The van der Waals surface area contributed by atoms with E-state index in [1.54, 1.807) is 0 Å². The number of allylic oxidation sites excluding steroid dienone is 1. The number of benzene rings is 7. The monoisotopic (exact) mass is 783 g/mol. The molecule has 2 aromatic heterocycles. The first kappa shape index (κ1) is 37.2. The summed E-state index contributed by atoms with van der Waals surface area (Å²) in [6, 6.07) is 60.0. The fourth-order valence-electron chi connectivity index (χ4n) is 8.55. The van der Waals surface area contributed by atoms with Crippen LogP contribution >= 0.6 is 0 Å². The van der Waals surface area contributed by atoms with Crippen LogP contribution in [0.1, 0.15) is 47.1 Å². The Hall–Kier alpha value is -7.05. The molecule has 7 aromatic carbocycles. The average molecular weight is 784 g/mol. The van der Waals surface area contributed by atoms with E-state index in [1.165, 1.54) is 28.1 Å². The minimum Gasteiger partial charge on any atom is -0.457 e. The lowest BCUT2D eigenvalue weighted by Gasteiger charge is -2.32. The second-order valence-corrected chi connectivity index (χ2v) is 17.9. The van der Waals surface area contributed by atoms with E-state index in [0.717, 1.165) is 61.7 Å². The quantitative estimate of drug-likeness (QED) is 0.161. The molecule has 6 heteroatoms. The molecular weight excluding hydrogens is 735 g/mol. The molecule has 10 rings (SSSR count). The summed E-state index contributed by atoms with van der Waals surface area (Å²) in [6.07, 6.45) is 2.31. The number of imidazole rings is 1. The second-order valence-electron chi connectivity index (χ2n) is 17.9. The van der Waals surface area contributed by atoms with Crippen LogP contribution in [0.15, 0.2) is 182 Å². The molecule has 60 heavy (non-hydrogen) atoms. The summed E-state index contributed by atoms with van der Waals surface area (Å²) in [5.74, 6) is 2.36. The summed E-state index contributed by atoms with van der Waals surface area (Å²) < 4.78 is 11.3. The molecule has 0 saturated carbocycles. The number of ether oxygens (including phenoxy) is 1. The van der Waals surface area contributed by atoms with Crippen molar-refractivity contribution in [3.05, 3.63) is 187 Å². The first-order valence-corrected chi connectivity index (χ1v) is 20.8. The molecule has 296 valence electrons. The van der Waals surface area contributed by atoms with E-state index in [-0.39, 0.29) is 10.8 Å². The van der Waals surface area contributed by atoms with E-state index in [1.807, 2.05) is 18.2 Å². The predicted molar refractivity (Wildman–Crippen MR) is 250 cm³/mol. The number of nitrogens with zero attached hydrogens (tertiary/aromatic N) is 5. The van der Waals surface area contributed by atoms with Crippen LogP contribution in [0.5, 0.6) is 11.5 Å². The summed E-state index contributed by atoms with van der Waals surface area (Å²) in [7, 11) is 0. The number of anilines is 2. The van der Waals surface area contributed by atoms with E-state index in [9.17, 15) is 0 Å². The van der Waals surface area contributed by atoms with Crippen molar-refractivity contribution < 1.29 is 4.74 Å². The van der Waals surface area contributed by atoms with Gasteiger partial charge in [0.1, 0.15) is 11.5 Å². The van der Waals surface area contributed by atoms with Crippen LogP contribution in [0.25, 0.3) is 55.6 Å². The molecule has 1 aliphatic heterocycles. The number of fused-ring (bicyclic) bond motifs is 4. The van der Waals surface area contributed by atoms with Gasteiger partial charge in [0.05, 0.1) is 28.7 Å². The number of rotatable bonds is 7. The summed E-state index contributed by atoms with van der Waals surface area (Å²) in [4.78, 5) is 10.1. The van der Waals surface area contributed by atoms with Gasteiger partial charge in [-0.3, -0.25) is 9.13 Å². The molecule has 0 amide bonds. The maximum Gasteiger partial charge on any atom is 0.220 e. The summed E-state index contributed by atoms with van der Waals surface area (Å²) in [6.45, 7) is 14.5. The Morgan fingerprint density at radius 3 is 1.92 bits per heavy atom. The predicted octanol–water partition coefficient (Wildman–Crippen LogP) is 14.1. The van der Waals surface area contributed by atoms with Crippen molar-refractivity contribution >= 4 is 44.2 Å². The number of hydrogen-bond donors (Lipinski definition) is 0. The van der Waals surface area contributed by atoms with E-state index in [0.29, 0.717) is 6.67 Å². The third kappa shape index (κ3) is 6.68. The van der Waals surface area contributed by atoms with Gasteiger partial charge in [-0.1, -0.05) is 133 Å². The Labute approximate surface area is 352 Å². The highest BCUT2D eigenvalue weighted by atomic mass is 16.5. The standard InChI is InChI=1S/C54H49N5O/c1-53(2,3)39-30-38(37-18-9-7-10-19-37)31-42(32-39)57-36-56(35-51(57)54(4,5)6)41-22-17-23-43(33-41)60-44-28-29-46-45-24-13-15-26-48(45)59(50(46)34-44)52-55-47-25-14-16-27-49(47)58(52)40-20-11-8-12-21-40/h7-35H,36H2,1-6H3. The molecule has 0 bridgehead atoms. The lowest BCUT2D eigenvalue weighted by Crippen LogP contribution is -2.31. The Balaban J connectivity index is 1.02. The fourth-order valence-corrected chi connectivity index (χ4v) is 8.55. The molecule has 9 aromatic rings. The molecule has 0 aliphatic carbocycles. The van der Waals surface area contributed by atoms with Crippen molar-refractivity contribution in [3.63, 3.8) is 0 Å². The van der Waals surface area contributed by atoms with Crippen molar-refractivity contribution in [3.8, 4) is 34.3 Å². The Bertz CT molecular complexity index is 3070. The molecule has 0 atom stereocenters. The van der Waals surface area contributed by atoms with Gasteiger partial charge in [-0.15, -0.1) is 0 Å². The molecule has 0 spiro atoms. The van der Waals surface area contributed by atoms with Crippen LogP contribution in [0.4, 0.5) is 11.4 Å². The van der Waals surface area contributed by atoms with Gasteiger partial charge in [0.2, 0.25) is 5.95 Å². The molecule has 0 fully saturated rings. The largest absolute Gasteiger partial charge is 0.457 e. The fraction of sp³-hybridized carbons (Fsp3) is 0.167. The van der Waals surface area contributed by atoms with Gasteiger partial charge in [0, 0.05) is 57.3 Å². The van der Waals surface area contributed by atoms with Gasteiger partial charge in [0.15, 0.2) is 0 Å². The minimum absolute atomic E-state index is 0.00949. The van der Waals surface area contributed by atoms with E-state index < -0.39 is 0 Å². The third-order valence-electron chi connectivity index (χ3n) is 11.6. The maximum atomic E-state index is 6.77. The van der Waals surface area contributed by atoms with E-state index >= 15 is 0 Å². The highest BCUT2D eigenvalue weighted by Gasteiger charge is 2.32. The van der Waals surface area contributed by atoms with Gasteiger partial charge in [0.25, 0.3) is 0 Å². The molecule has 6 nitrogen and oxygen atoms in total.